The minimum Gasteiger partial charge on any atom is -0.375 e. The van der Waals surface area contributed by atoms with Crippen LogP contribution in [0.3, 0.4) is 0 Å². The molecule has 164 valence electrons. The molecule has 0 bridgehead atoms. The van der Waals surface area contributed by atoms with Crippen LogP contribution in [0, 0.1) is 5.92 Å². The smallest absolute Gasteiger partial charge is 0.246 e. The van der Waals surface area contributed by atoms with Gasteiger partial charge in [-0.05, 0) is 17.5 Å². The number of carbonyl (C=O) groups excluding carboxylic acids is 1. The fraction of sp³-hybridized carbons (Fsp3) is 0.478. The van der Waals surface area contributed by atoms with Gasteiger partial charge in [0.15, 0.2) is 5.82 Å². The van der Waals surface area contributed by atoms with Crippen molar-refractivity contribution in [3.05, 3.63) is 53.7 Å². The van der Waals surface area contributed by atoms with Crippen LogP contribution in [0.4, 0.5) is 0 Å². The number of pyridine rings is 1. The van der Waals surface area contributed by atoms with E-state index in [4.69, 9.17) is 4.74 Å². The summed E-state index contributed by atoms with van der Waals surface area (Å²) in [4.78, 5) is 19.2. The summed E-state index contributed by atoms with van der Waals surface area (Å²) in [5, 5.41) is 13.1. The Morgan fingerprint density at radius 2 is 2.00 bits per heavy atom. The van der Waals surface area contributed by atoms with Crippen LogP contribution in [0.15, 0.2) is 36.5 Å². The highest BCUT2D eigenvalue weighted by atomic mass is 16.5. The van der Waals surface area contributed by atoms with Crippen LogP contribution in [0.2, 0.25) is 0 Å². The summed E-state index contributed by atoms with van der Waals surface area (Å²) in [7, 11) is 1.52. The van der Waals surface area contributed by atoms with Crippen LogP contribution in [0.5, 0.6) is 0 Å². The molecule has 1 aliphatic rings. The highest BCUT2D eigenvalue weighted by Gasteiger charge is 2.27. The zero-order valence-electron chi connectivity index (χ0n) is 18.4. The predicted molar refractivity (Wildman–Crippen MR) is 118 cm³/mol. The molecule has 1 aliphatic heterocycles. The van der Waals surface area contributed by atoms with Crippen molar-refractivity contribution in [2.45, 2.75) is 39.4 Å². The Morgan fingerprint density at radius 3 is 2.81 bits per heavy atom. The molecule has 4 rings (SSSR count). The standard InChI is InChI=1S/C23H30N6O2/c1-16(2)21(25-20(30)15-31-3)23-27-26-19-9-11-28(12-13-29(19)23)14-18-7-4-6-17-8-5-10-24-22(17)18/h4-8,10,16,21H,9,11-15H2,1-3H3,(H,25,30). The second-order valence-corrected chi connectivity index (χ2v) is 8.37. The van der Waals surface area contributed by atoms with E-state index in [0.717, 1.165) is 49.8 Å². The fourth-order valence-electron chi connectivity index (χ4n) is 4.19. The normalized spacial score (nSPS) is 15.6. The lowest BCUT2D eigenvalue weighted by molar-refractivity contribution is -0.125. The van der Waals surface area contributed by atoms with Gasteiger partial charge in [0.1, 0.15) is 12.4 Å². The van der Waals surface area contributed by atoms with E-state index in [1.807, 2.05) is 12.3 Å². The number of nitrogens with one attached hydrogen (secondary N) is 1. The molecule has 0 aliphatic carbocycles. The number of fused-ring (bicyclic) bond motifs is 2. The summed E-state index contributed by atoms with van der Waals surface area (Å²) in [6, 6.07) is 10.2. The molecule has 0 spiro atoms. The maximum absolute atomic E-state index is 12.1. The molecule has 3 aromatic rings. The number of amides is 1. The monoisotopic (exact) mass is 422 g/mol. The number of aromatic nitrogens is 4. The van der Waals surface area contributed by atoms with Crippen LogP contribution >= 0.6 is 0 Å². The molecule has 0 saturated carbocycles. The van der Waals surface area contributed by atoms with Gasteiger partial charge in [0, 0.05) is 51.3 Å². The molecule has 1 unspecified atom stereocenters. The third-order valence-electron chi connectivity index (χ3n) is 5.79. The molecule has 0 fully saturated rings. The summed E-state index contributed by atoms with van der Waals surface area (Å²) in [6.45, 7) is 7.63. The van der Waals surface area contributed by atoms with Crippen LogP contribution in [-0.4, -0.2) is 57.4 Å². The van der Waals surface area contributed by atoms with E-state index in [-0.39, 0.29) is 24.5 Å². The molecular formula is C23H30N6O2. The molecule has 31 heavy (non-hydrogen) atoms. The van der Waals surface area contributed by atoms with Gasteiger partial charge in [0.25, 0.3) is 0 Å². The Balaban J connectivity index is 1.50. The Labute approximate surface area is 182 Å². The van der Waals surface area contributed by atoms with E-state index in [9.17, 15) is 4.79 Å². The number of ether oxygens (including phenoxy) is 1. The molecule has 0 radical (unpaired) electrons. The van der Waals surface area contributed by atoms with Gasteiger partial charge in [0.05, 0.1) is 11.6 Å². The minimum absolute atomic E-state index is 0.0387. The summed E-state index contributed by atoms with van der Waals surface area (Å²) in [5.41, 5.74) is 2.30. The van der Waals surface area contributed by atoms with Crippen molar-refractivity contribution in [3.8, 4) is 0 Å². The molecule has 3 heterocycles. The number of nitrogens with zero attached hydrogens (tertiary/aromatic N) is 5. The number of methoxy groups -OCH3 is 1. The molecule has 8 nitrogen and oxygen atoms in total. The van der Waals surface area contributed by atoms with Crippen molar-refractivity contribution >= 4 is 16.8 Å². The van der Waals surface area contributed by atoms with Crippen LogP contribution in [0.25, 0.3) is 10.9 Å². The minimum atomic E-state index is -0.197. The molecule has 1 amide bonds. The van der Waals surface area contributed by atoms with Gasteiger partial charge in [0.2, 0.25) is 5.91 Å². The first-order chi connectivity index (χ1) is 15.1. The summed E-state index contributed by atoms with van der Waals surface area (Å²) in [6.07, 6.45) is 2.67. The molecule has 1 N–H and O–H groups in total. The number of carbonyl (C=O) groups is 1. The Hall–Kier alpha value is -2.84. The topological polar surface area (TPSA) is 85.2 Å². The van der Waals surface area contributed by atoms with E-state index >= 15 is 0 Å². The Bertz CT molecular complexity index is 1040. The van der Waals surface area contributed by atoms with E-state index in [2.05, 4.69) is 68.1 Å². The maximum atomic E-state index is 12.1. The lowest BCUT2D eigenvalue weighted by atomic mass is 10.0. The van der Waals surface area contributed by atoms with Crippen LogP contribution < -0.4 is 5.32 Å². The first-order valence-corrected chi connectivity index (χ1v) is 10.8. The van der Waals surface area contributed by atoms with E-state index in [1.54, 1.807) is 0 Å². The zero-order valence-corrected chi connectivity index (χ0v) is 18.4. The first-order valence-electron chi connectivity index (χ1n) is 10.8. The lowest BCUT2D eigenvalue weighted by Crippen LogP contribution is -2.36. The average Bonchev–Trinajstić information content (AvgIpc) is 3.05. The molecule has 1 atom stereocenters. The van der Waals surface area contributed by atoms with Gasteiger partial charge >= 0.3 is 0 Å². The van der Waals surface area contributed by atoms with Crippen molar-refractivity contribution in [2.75, 3.05) is 26.8 Å². The van der Waals surface area contributed by atoms with Crippen LogP contribution in [0.1, 0.15) is 37.1 Å². The zero-order chi connectivity index (χ0) is 21.8. The van der Waals surface area contributed by atoms with Gasteiger partial charge in [-0.1, -0.05) is 38.1 Å². The average molecular weight is 423 g/mol. The van der Waals surface area contributed by atoms with Crippen molar-refractivity contribution in [2.24, 2.45) is 5.92 Å². The highest BCUT2D eigenvalue weighted by molar-refractivity contribution is 5.81. The summed E-state index contributed by atoms with van der Waals surface area (Å²) >= 11 is 0. The number of rotatable bonds is 7. The third kappa shape index (κ3) is 4.75. The molecule has 1 aromatic carbocycles. The van der Waals surface area contributed by atoms with Gasteiger partial charge in [-0.2, -0.15) is 0 Å². The number of benzene rings is 1. The first kappa shape index (κ1) is 21.4. The van der Waals surface area contributed by atoms with Crippen molar-refractivity contribution in [1.82, 2.24) is 30.0 Å². The third-order valence-corrected chi connectivity index (χ3v) is 5.79. The summed E-state index contributed by atoms with van der Waals surface area (Å²) in [5.74, 6) is 1.84. The van der Waals surface area contributed by atoms with Crippen LogP contribution in [-0.2, 0) is 29.0 Å². The van der Waals surface area contributed by atoms with Gasteiger partial charge < -0.3 is 14.6 Å². The summed E-state index contributed by atoms with van der Waals surface area (Å²) < 4.78 is 7.15. The van der Waals surface area contributed by atoms with E-state index < -0.39 is 0 Å². The maximum Gasteiger partial charge on any atom is 0.246 e. The lowest BCUT2D eigenvalue weighted by Gasteiger charge is -2.23. The number of para-hydroxylation sites is 1. The predicted octanol–water partition coefficient (Wildman–Crippen LogP) is 2.34. The second-order valence-electron chi connectivity index (χ2n) is 8.37. The van der Waals surface area contributed by atoms with Crippen molar-refractivity contribution < 1.29 is 9.53 Å². The number of hydrogen-bond acceptors (Lipinski definition) is 6. The quantitative estimate of drug-likeness (QED) is 0.629. The molecule has 8 heteroatoms. The van der Waals surface area contributed by atoms with Gasteiger partial charge in [-0.3, -0.25) is 14.7 Å². The molecule has 2 aromatic heterocycles. The Kier molecular flexibility index (Phi) is 6.58. The van der Waals surface area contributed by atoms with Gasteiger partial charge in [-0.25, -0.2) is 0 Å². The van der Waals surface area contributed by atoms with E-state index in [1.165, 1.54) is 18.1 Å². The fourth-order valence-corrected chi connectivity index (χ4v) is 4.19. The van der Waals surface area contributed by atoms with Crippen molar-refractivity contribution in [1.29, 1.82) is 0 Å². The molecule has 0 saturated heterocycles. The SMILES string of the molecule is COCC(=O)NC(c1nnc2n1CCN(Cc1cccc3cccnc13)CC2)C(C)C. The number of hydrogen-bond donors (Lipinski definition) is 1. The van der Waals surface area contributed by atoms with E-state index in [0.29, 0.717) is 0 Å². The second kappa shape index (κ2) is 9.53. The van der Waals surface area contributed by atoms with Crippen molar-refractivity contribution in [3.63, 3.8) is 0 Å². The molecular weight excluding hydrogens is 392 g/mol. The van der Waals surface area contributed by atoms with Gasteiger partial charge in [-0.15, -0.1) is 10.2 Å². The Morgan fingerprint density at radius 1 is 1.16 bits per heavy atom. The largest absolute Gasteiger partial charge is 0.375 e. The highest BCUT2D eigenvalue weighted by Crippen LogP contribution is 2.23.